The lowest BCUT2D eigenvalue weighted by Gasteiger charge is -2.34. The maximum atomic E-state index is 13.3. The third kappa shape index (κ3) is 4.10. The summed E-state index contributed by atoms with van der Waals surface area (Å²) < 4.78 is 10.9. The second-order valence-corrected chi connectivity index (χ2v) is 8.95. The summed E-state index contributed by atoms with van der Waals surface area (Å²) in [6.07, 6.45) is -0.657. The lowest BCUT2D eigenvalue weighted by molar-refractivity contribution is -0.116. The average molecular weight is 493 g/mol. The number of methoxy groups -OCH3 is 2. The number of carbonyl (C=O) groups is 1. The molecule has 0 aromatic heterocycles. The Morgan fingerprint density at radius 3 is 2.50 bits per heavy atom. The number of amides is 1. The number of amidine groups is 1. The van der Waals surface area contributed by atoms with Crippen molar-refractivity contribution in [1.82, 2.24) is 10.3 Å². The molecule has 0 fully saturated rings. The molecule has 9 heteroatoms. The van der Waals surface area contributed by atoms with Crippen molar-refractivity contribution in [2.75, 3.05) is 14.2 Å². The largest absolute Gasteiger partial charge is 0.493 e. The fourth-order valence-electron chi connectivity index (χ4n) is 3.89. The van der Waals surface area contributed by atoms with Crippen molar-refractivity contribution in [1.29, 1.82) is 0 Å². The number of hydrazone groups is 1. The van der Waals surface area contributed by atoms with Crippen LogP contribution < -0.4 is 25.4 Å². The Balaban J connectivity index is 1.61. The molecular formula is C25H21ClN4O3S. The summed E-state index contributed by atoms with van der Waals surface area (Å²) in [5, 5.41) is 11.7. The molecule has 172 valence electrons. The number of nitrogens with one attached hydrogen (secondary N) is 1. The van der Waals surface area contributed by atoms with Crippen LogP contribution in [0.1, 0.15) is 17.3 Å². The van der Waals surface area contributed by atoms with Gasteiger partial charge < -0.3 is 9.47 Å². The van der Waals surface area contributed by atoms with Gasteiger partial charge in [0.05, 0.1) is 24.6 Å². The van der Waals surface area contributed by atoms with E-state index >= 15 is 0 Å². The van der Waals surface area contributed by atoms with Crippen LogP contribution in [0.2, 0.25) is 5.02 Å². The second-order valence-electron chi connectivity index (χ2n) is 7.58. The number of para-hydroxylation sites is 1. The van der Waals surface area contributed by atoms with E-state index in [2.05, 4.69) is 5.32 Å². The van der Waals surface area contributed by atoms with Crippen molar-refractivity contribution < 1.29 is 14.3 Å². The minimum Gasteiger partial charge on any atom is -0.493 e. The zero-order valence-electron chi connectivity index (χ0n) is 18.5. The number of thioether (sulfide) groups is 1. The standard InChI is InChI=1S/C25H21ClN4O3S/c1-32-20-12-17(18(26)13-21(20)33-2)23-27-19-11-7-6-10-16(19)22-24(31)28-25(29-30(22)23)34-14-15-8-4-3-5-9-15/h3-13,23H,14H2,1-2H3,(H,28,29,31). The minimum atomic E-state index is -0.657. The van der Waals surface area contributed by atoms with Gasteiger partial charge in [0.25, 0.3) is 5.91 Å². The molecule has 3 aromatic rings. The molecule has 0 spiro atoms. The molecule has 0 radical (unpaired) electrons. The zero-order valence-corrected chi connectivity index (χ0v) is 20.1. The molecular weight excluding hydrogens is 472 g/mol. The third-order valence-corrected chi connectivity index (χ3v) is 6.78. The van der Waals surface area contributed by atoms with Gasteiger partial charge in [0, 0.05) is 22.6 Å². The van der Waals surface area contributed by atoms with Crippen molar-refractivity contribution in [3.8, 4) is 11.5 Å². The van der Waals surface area contributed by atoms with E-state index in [1.54, 1.807) is 31.4 Å². The van der Waals surface area contributed by atoms with Gasteiger partial charge in [-0.25, -0.2) is 5.01 Å². The summed E-state index contributed by atoms with van der Waals surface area (Å²) >= 11 is 8.11. The monoisotopic (exact) mass is 492 g/mol. The van der Waals surface area contributed by atoms with E-state index in [0.717, 1.165) is 5.56 Å². The average Bonchev–Trinajstić information content (AvgIpc) is 2.87. The highest BCUT2D eigenvalue weighted by molar-refractivity contribution is 8.13. The summed E-state index contributed by atoms with van der Waals surface area (Å²) in [7, 11) is 3.11. The van der Waals surface area contributed by atoms with Gasteiger partial charge in [-0.1, -0.05) is 71.9 Å². The van der Waals surface area contributed by atoms with Crippen molar-refractivity contribution >= 4 is 40.1 Å². The maximum Gasteiger partial charge on any atom is 0.276 e. The number of carbonyl (C=O) groups excluding carboxylic acids is 1. The molecule has 1 unspecified atom stereocenters. The van der Waals surface area contributed by atoms with Gasteiger partial charge >= 0.3 is 0 Å². The van der Waals surface area contributed by atoms with Crippen LogP contribution in [-0.4, -0.2) is 30.3 Å². The zero-order chi connectivity index (χ0) is 23.7. The summed E-state index contributed by atoms with van der Waals surface area (Å²) in [6.45, 7) is 0. The van der Waals surface area contributed by atoms with E-state index in [1.165, 1.54) is 11.8 Å². The first-order valence-electron chi connectivity index (χ1n) is 10.5. The molecule has 2 aliphatic rings. The van der Waals surface area contributed by atoms with Crippen molar-refractivity contribution in [2.45, 2.75) is 11.9 Å². The van der Waals surface area contributed by atoms with Crippen molar-refractivity contribution in [3.63, 3.8) is 0 Å². The molecule has 34 heavy (non-hydrogen) atoms. The van der Waals surface area contributed by atoms with Gasteiger partial charge in [-0.3, -0.25) is 15.1 Å². The van der Waals surface area contributed by atoms with E-state index in [-0.39, 0.29) is 5.91 Å². The number of fused-ring (bicyclic) bond motifs is 2. The molecule has 1 amide bonds. The Bertz CT molecular complexity index is 1410. The molecule has 1 atom stereocenters. The van der Waals surface area contributed by atoms with Gasteiger partial charge in [-0.15, -0.1) is 5.10 Å². The van der Waals surface area contributed by atoms with Gasteiger partial charge in [0.1, 0.15) is 5.70 Å². The topological polar surface area (TPSA) is 75.5 Å². The molecule has 0 bridgehead atoms. The van der Waals surface area contributed by atoms with Gasteiger partial charge in [-0.2, -0.15) is 0 Å². The Kier molecular flexibility index (Phi) is 6.17. The van der Waals surface area contributed by atoms with Crippen molar-refractivity contribution in [3.05, 3.63) is 93.5 Å². The quantitative estimate of drug-likeness (QED) is 0.590. The number of hydrogen-bond donors (Lipinski definition) is 1. The lowest BCUT2D eigenvalue weighted by atomic mass is 10.1. The minimum absolute atomic E-state index is 0.241. The number of benzene rings is 3. The molecule has 5 rings (SSSR count). The van der Waals surface area contributed by atoms with Crippen LogP contribution in [-0.2, 0) is 10.5 Å². The smallest absolute Gasteiger partial charge is 0.276 e. The lowest BCUT2D eigenvalue weighted by Crippen LogP contribution is -2.50. The summed E-state index contributed by atoms with van der Waals surface area (Å²) in [5.74, 6) is 1.45. The molecule has 0 aliphatic carbocycles. The maximum absolute atomic E-state index is 13.3. The van der Waals surface area contributed by atoms with E-state index in [1.807, 2.05) is 54.6 Å². The van der Waals surface area contributed by atoms with Gasteiger partial charge in [0.15, 0.2) is 22.8 Å². The summed E-state index contributed by atoms with van der Waals surface area (Å²) in [6, 6.07) is 21.0. The number of rotatable bonds is 5. The van der Waals surface area contributed by atoms with Crippen LogP contribution in [0.3, 0.4) is 0 Å². The van der Waals surface area contributed by atoms with E-state index in [0.29, 0.717) is 49.3 Å². The predicted octanol–water partition coefficient (Wildman–Crippen LogP) is 3.43. The summed E-state index contributed by atoms with van der Waals surface area (Å²) in [5.41, 5.74) is 2.20. The number of nitrogens with zero attached hydrogens (tertiary/aromatic N) is 3. The highest BCUT2D eigenvalue weighted by atomic mass is 35.5. The number of hydrogen-bond acceptors (Lipinski definition) is 7. The van der Waals surface area contributed by atoms with E-state index in [4.69, 9.17) is 31.2 Å². The Morgan fingerprint density at radius 1 is 1.03 bits per heavy atom. The molecule has 7 nitrogen and oxygen atoms in total. The third-order valence-electron chi connectivity index (χ3n) is 5.51. The Morgan fingerprint density at radius 2 is 1.74 bits per heavy atom. The van der Waals surface area contributed by atoms with E-state index < -0.39 is 6.17 Å². The van der Waals surface area contributed by atoms with Crippen LogP contribution in [0.5, 0.6) is 11.5 Å². The van der Waals surface area contributed by atoms with Crippen LogP contribution in [0.4, 0.5) is 0 Å². The Hall–Kier alpha value is -3.49. The first-order valence-corrected chi connectivity index (χ1v) is 11.9. The molecule has 1 N–H and O–H groups in total. The normalized spacial score (nSPS) is 16.6. The molecule has 0 saturated carbocycles. The second kappa shape index (κ2) is 9.40. The molecule has 3 aromatic carbocycles. The van der Waals surface area contributed by atoms with Crippen LogP contribution in [0, 0.1) is 0 Å². The van der Waals surface area contributed by atoms with Crippen LogP contribution in [0.15, 0.2) is 76.8 Å². The number of ether oxygens (including phenoxy) is 2. The van der Waals surface area contributed by atoms with Crippen LogP contribution in [0.25, 0.3) is 5.70 Å². The van der Waals surface area contributed by atoms with Crippen molar-refractivity contribution in [2.24, 2.45) is 10.1 Å². The molecule has 0 saturated heterocycles. The number of halogens is 1. The van der Waals surface area contributed by atoms with E-state index in [9.17, 15) is 4.79 Å². The predicted molar refractivity (Wildman–Crippen MR) is 133 cm³/mol. The first kappa shape index (κ1) is 22.3. The first-order chi connectivity index (χ1) is 16.6. The van der Waals surface area contributed by atoms with Gasteiger partial charge in [-0.05, 0) is 17.7 Å². The Labute approximate surface area is 205 Å². The fourth-order valence-corrected chi connectivity index (χ4v) is 4.95. The molecule has 2 aliphatic heterocycles. The van der Waals surface area contributed by atoms with Gasteiger partial charge in [0.2, 0.25) is 0 Å². The van der Waals surface area contributed by atoms with Crippen LogP contribution >= 0.6 is 23.4 Å². The summed E-state index contributed by atoms with van der Waals surface area (Å²) in [4.78, 5) is 18.2. The highest BCUT2D eigenvalue weighted by Gasteiger charge is 2.35. The fraction of sp³-hybridized carbons (Fsp3) is 0.160. The SMILES string of the molecule is COc1cc(Cl)c(C2N=c3ccccc3=C3C(=O)NC(SCc4ccccc4)=NN32)cc1OC. The molecule has 2 heterocycles. The highest BCUT2D eigenvalue weighted by Crippen LogP contribution is 2.40.